The van der Waals surface area contributed by atoms with E-state index in [0.29, 0.717) is 22.6 Å². The number of nitrogens with one attached hydrogen (secondary N) is 1. The molecule has 2 aromatic carbocycles. The van der Waals surface area contributed by atoms with Gasteiger partial charge in [-0.25, -0.2) is 5.43 Å². The van der Waals surface area contributed by atoms with E-state index < -0.39 is 4.92 Å². The minimum Gasteiger partial charge on any atom is -0.455 e. The molecule has 30 heavy (non-hydrogen) atoms. The van der Waals surface area contributed by atoms with Gasteiger partial charge in [0.25, 0.3) is 11.6 Å². The third-order valence-corrected chi connectivity index (χ3v) is 4.95. The molecule has 1 aliphatic rings. The van der Waals surface area contributed by atoms with Gasteiger partial charge in [-0.2, -0.15) is 5.10 Å². The van der Waals surface area contributed by atoms with E-state index in [9.17, 15) is 14.9 Å². The Morgan fingerprint density at radius 1 is 1.07 bits per heavy atom. The van der Waals surface area contributed by atoms with Gasteiger partial charge in [-0.3, -0.25) is 14.9 Å². The minimum absolute atomic E-state index is 0.0407. The van der Waals surface area contributed by atoms with Gasteiger partial charge in [0.2, 0.25) is 0 Å². The molecule has 3 aromatic rings. The number of carbonyl (C=O) groups excluding carboxylic acids is 1. The molecule has 0 atom stereocenters. The van der Waals surface area contributed by atoms with Crippen LogP contribution in [0.15, 0.2) is 70.2 Å². The zero-order chi connectivity index (χ0) is 20.9. The fraction of sp³-hybridized carbons (Fsp3) is 0.182. The van der Waals surface area contributed by atoms with Crippen LogP contribution >= 0.6 is 0 Å². The minimum atomic E-state index is -0.458. The van der Waals surface area contributed by atoms with Gasteiger partial charge < -0.3 is 9.32 Å². The van der Waals surface area contributed by atoms with Crippen molar-refractivity contribution < 1.29 is 14.1 Å². The van der Waals surface area contributed by atoms with Gasteiger partial charge in [-0.15, -0.1) is 0 Å². The second kappa shape index (κ2) is 8.60. The van der Waals surface area contributed by atoms with Crippen LogP contribution in [0.2, 0.25) is 0 Å². The van der Waals surface area contributed by atoms with Gasteiger partial charge in [0, 0.05) is 30.4 Å². The fourth-order valence-electron chi connectivity index (χ4n) is 3.43. The Morgan fingerprint density at radius 2 is 1.80 bits per heavy atom. The zero-order valence-corrected chi connectivity index (χ0v) is 16.2. The molecule has 0 saturated carbocycles. The highest BCUT2D eigenvalue weighted by Gasteiger charge is 2.17. The summed E-state index contributed by atoms with van der Waals surface area (Å²) in [5, 5.41) is 15.1. The molecule has 152 valence electrons. The van der Waals surface area contributed by atoms with Crippen LogP contribution in [-0.4, -0.2) is 30.1 Å². The van der Waals surface area contributed by atoms with E-state index in [1.807, 2.05) is 12.1 Å². The normalized spacial score (nSPS) is 13.7. The largest absolute Gasteiger partial charge is 0.455 e. The van der Waals surface area contributed by atoms with Gasteiger partial charge in [0.05, 0.1) is 16.7 Å². The lowest BCUT2D eigenvalue weighted by molar-refractivity contribution is -0.384. The van der Waals surface area contributed by atoms with Crippen LogP contribution < -0.4 is 10.3 Å². The maximum absolute atomic E-state index is 12.3. The Labute approximate surface area is 173 Å². The summed E-state index contributed by atoms with van der Waals surface area (Å²) in [6.45, 7) is 2.10. The van der Waals surface area contributed by atoms with Crippen molar-refractivity contribution in [2.24, 2.45) is 5.10 Å². The van der Waals surface area contributed by atoms with Crippen LogP contribution in [-0.2, 0) is 0 Å². The standard InChI is InChI=1S/C22H20N4O4/c27-22(16-7-9-17(10-8-16)25-13-3-4-14-25)24-23-15-18-11-12-21(30-18)19-5-1-2-6-20(19)26(28)29/h1-2,5-12,15H,3-4,13-14H2,(H,24,27)/b23-15+. The van der Waals surface area contributed by atoms with Crippen molar-refractivity contribution >= 4 is 23.5 Å². The second-order valence-electron chi connectivity index (χ2n) is 6.92. The maximum Gasteiger partial charge on any atom is 0.280 e. The van der Waals surface area contributed by atoms with Gasteiger partial charge in [0.1, 0.15) is 11.5 Å². The lowest BCUT2D eigenvalue weighted by atomic mass is 10.1. The van der Waals surface area contributed by atoms with Gasteiger partial charge >= 0.3 is 0 Å². The van der Waals surface area contributed by atoms with Crippen molar-refractivity contribution in [1.29, 1.82) is 0 Å². The molecular formula is C22H20N4O4. The number of nitro benzene ring substituents is 1. The van der Waals surface area contributed by atoms with Crippen LogP contribution in [0.25, 0.3) is 11.3 Å². The average molecular weight is 404 g/mol. The van der Waals surface area contributed by atoms with Crippen LogP contribution in [0.3, 0.4) is 0 Å². The quantitative estimate of drug-likeness (QED) is 0.377. The molecule has 2 heterocycles. The van der Waals surface area contributed by atoms with E-state index in [-0.39, 0.29) is 11.6 Å². The summed E-state index contributed by atoms with van der Waals surface area (Å²) in [6.07, 6.45) is 3.75. The summed E-state index contributed by atoms with van der Waals surface area (Å²) in [7, 11) is 0. The average Bonchev–Trinajstić information content (AvgIpc) is 3.46. The fourth-order valence-corrected chi connectivity index (χ4v) is 3.43. The third-order valence-electron chi connectivity index (χ3n) is 4.95. The lowest BCUT2D eigenvalue weighted by Gasteiger charge is -2.17. The molecule has 0 bridgehead atoms. The van der Waals surface area contributed by atoms with E-state index in [1.165, 1.54) is 25.1 Å². The number of benzene rings is 2. The van der Waals surface area contributed by atoms with Crippen LogP contribution in [0, 0.1) is 10.1 Å². The number of nitrogens with zero attached hydrogens (tertiary/aromatic N) is 3. The third kappa shape index (κ3) is 4.22. The molecule has 4 rings (SSSR count). The molecule has 8 heteroatoms. The highest BCUT2D eigenvalue weighted by molar-refractivity contribution is 5.95. The topological polar surface area (TPSA) is 101 Å². The maximum atomic E-state index is 12.3. The number of para-hydroxylation sites is 1. The summed E-state index contributed by atoms with van der Waals surface area (Å²) in [4.78, 5) is 25.3. The Kier molecular flexibility index (Phi) is 5.56. The summed E-state index contributed by atoms with van der Waals surface area (Å²) >= 11 is 0. The van der Waals surface area contributed by atoms with Crippen molar-refractivity contribution in [3.05, 3.63) is 82.1 Å². The molecule has 1 saturated heterocycles. The van der Waals surface area contributed by atoms with Crippen molar-refractivity contribution in [2.75, 3.05) is 18.0 Å². The van der Waals surface area contributed by atoms with E-state index in [2.05, 4.69) is 15.4 Å². The molecule has 1 aliphatic heterocycles. The predicted molar refractivity (Wildman–Crippen MR) is 114 cm³/mol. The van der Waals surface area contributed by atoms with Gasteiger partial charge in [-0.1, -0.05) is 12.1 Å². The first-order valence-corrected chi connectivity index (χ1v) is 9.64. The number of hydrogen-bond acceptors (Lipinski definition) is 6. The summed E-state index contributed by atoms with van der Waals surface area (Å²) in [5.41, 5.74) is 4.43. The summed E-state index contributed by atoms with van der Waals surface area (Å²) in [5.74, 6) is 0.394. The van der Waals surface area contributed by atoms with Crippen molar-refractivity contribution in [1.82, 2.24) is 5.43 Å². The Hall–Kier alpha value is -3.94. The molecule has 0 unspecified atom stereocenters. The lowest BCUT2D eigenvalue weighted by Crippen LogP contribution is -2.19. The van der Waals surface area contributed by atoms with E-state index in [0.717, 1.165) is 18.8 Å². The first-order chi connectivity index (χ1) is 14.6. The highest BCUT2D eigenvalue weighted by atomic mass is 16.6. The van der Waals surface area contributed by atoms with Crippen molar-refractivity contribution in [3.63, 3.8) is 0 Å². The molecular weight excluding hydrogens is 384 g/mol. The van der Waals surface area contributed by atoms with Crippen LogP contribution in [0.4, 0.5) is 11.4 Å². The Balaban J connectivity index is 1.39. The first-order valence-electron chi connectivity index (χ1n) is 9.64. The number of hydrogen-bond donors (Lipinski definition) is 1. The SMILES string of the molecule is O=C(N/N=C/c1ccc(-c2ccccc2[N+](=O)[O-])o1)c1ccc(N2CCCC2)cc1. The second-order valence-corrected chi connectivity index (χ2v) is 6.92. The van der Waals surface area contributed by atoms with Crippen molar-refractivity contribution in [2.45, 2.75) is 12.8 Å². The number of rotatable bonds is 6. The molecule has 1 aromatic heterocycles. The van der Waals surface area contributed by atoms with E-state index in [1.54, 1.807) is 42.5 Å². The van der Waals surface area contributed by atoms with E-state index >= 15 is 0 Å². The monoisotopic (exact) mass is 404 g/mol. The number of furan rings is 1. The molecule has 1 fully saturated rings. The molecule has 1 amide bonds. The van der Waals surface area contributed by atoms with Gasteiger partial charge in [0.15, 0.2) is 0 Å². The number of carbonyl (C=O) groups is 1. The van der Waals surface area contributed by atoms with Crippen molar-refractivity contribution in [3.8, 4) is 11.3 Å². The first kappa shape index (κ1) is 19.4. The van der Waals surface area contributed by atoms with Gasteiger partial charge in [-0.05, 0) is 55.3 Å². The summed E-state index contributed by atoms with van der Waals surface area (Å²) in [6, 6.07) is 17.0. The molecule has 0 aliphatic carbocycles. The zero-order valence-electron chi connectivity index (χ0n) is 16.2. The molecule has 0 spiro atoms. The molecule has 0 radical (unpaired) electrons. The Morgan fingerprint density at radius 3 is 2.53 bits per heavy atom. The smallest absolute Gasteiger partial charge is 0.280 e. The number of amides is 1. The molecule has 8 nitrogen and oxygen atoms in total. The van der Waals surface area contributed by atoms with E-state index in [4.69, 9.17) is 4.42 Å². The predicted octanol–water partition coefficient (Wildman–Crippen LogP) is 4.22. The van der Waals surface area contributed by atoms with Crippen LogP contribution in [0.1, 0.15) is 29.0 Å². The van der Waals surface area contributed by atoms with Crippen LogP contribution in [0.5, 0.6) is 0 Å². The number of nitro groups is 1. The highest BCUT2D eigenvalue weighted by Crippen LogP contribution is 2.30. The molecule has 1 N–H and O–H groups in total. The Bertz CT molecular complexity index is 1080. The summed E-state index contributed by atoms with van der Waals surface area (Å²) < 4.78 is 5.61. The number of anilines is 1. The number of hydrazone groups is 1.